The van der Waals surface area contributed by atoms with E-state index in [2.05, 4.69) is 19.2 Å². The van der Waals surface area contributed by atoms with Crippen molar-refractivity contribution >= 4 is 10.0 Å². The largest absolute Gasteiger partial charge is 0.313 e. The monoisotopic (exact) mass is 458 g/mol. The minimum absolute atomic E-state index is 0.193. The van der Waals surface area contributed by atoms with Crippen molar-refractivity contribution in [3.8, 4) is 0 Å². The number of benzene rings is 1. The van der Waals surface area contributed by atoms with Gasteiger partial charge in [-0.2, -0.15) is 0 Å². The van der Waals surface area contributed by atoms with E-state index in [-0.39, 0.29) is 4.90 Å². The first-order chi connectivity index (χ1) is 15.2. The summed E-state index contributed by atoms with van der Waals surface area (Å²) in [4.78, 5) is 0.193. The Bertz CT molecular complexity index is 929. The topological polar surface area (TPSA) is 72.2 Å². The highest BCUT2D eigenvalue weighted by Crippen LogP contribution is 2.66. The predicted molar refractivity (Wildman–Crippen MR) is 130 cm³/mol. The molecule has 3 N–H and O–H groups in total. The summed E-state index contributed by atoms with van der Waals surface area (Å²) in [5, 5.41) is 9.15. The molecule has 0 heterocycles. The number of fused-ring (bicyclic) bond motifs is 5. The second kappa shape index (κ2) is 8.39. The van der Waals surface area contributed by atoms with Crippen LogP contribution in [-0.2, 0) is 16.4 Å². The van der Waals surface area contributed by atoms with Gasteiger partial charge in [0.05, 0.1) is 4.90 Å². The highest BCUT2D eigenvalue weighted by atomic mass is 32.2. The molecular weight excluding hydrogens is 416 g/mol. The van der Waals surface area contributed by atoms with Crippen LogP contribution in [0.3, 0.4) is 0 Å². The minimum atomic E-state index is -3.61. The Balaban J connectivity index is 1.21. The number of primary sulfonamides is 1. The van der Waals surface area contributed by atoms with Gasteiger partial charge in [0.1, 0.15) is 0 Å². The third kappa shape index (κ3) is 3.86. The first-order valence-electron chi connectivity index (χ1n) is 13.1. The number of nitrogens with two attached hydrogens (primary N) is 1. The Labute approximate surface area is 195 Å². The van der Waals surface area contributed by atoms with E-state index in [0.29, 0.717) is 16.9 Å². The normalized spacial score (nSPS) is 41.5. The quantitative estimate of drug-likeness (QED) is 0.631. The zero-order valence-corrected chi connectivity index (χ0v) is 20.8. The summed E-state index contributed by atoms with van der Waals surface area (Å²) in [6.07, 6.45) is 15.3. The van der Waals surface area contributed by atoms with Crippen molar-refractivity contribution in [3.05, 3.63) is 29.8 Å². The molecule has 0 aromatic heterocycles. The molecule has 7 atom stereocenters. The van der Waals surface area contributed by atoms with Gasteiger partial charge in [0.2, 0.25) is 10.0 Å². The lowest BCUT2D eigenvalue weighted by molar-refractivity contribution is -0.107. The van der Waals surface area contributed by atoms with Gasteiger partial charge in [0.25, 0.3) is 0 Å². The van der Waals surface area contributed by atoms with Gasteiger partial charge in [0, 0.05) is 6.04 Å². The lowest BCUT2D eigenvalue weighted by Gasteiger charge is -2.60. The number of hydrogen-bond donors (Lipinski definition) is 2. The summed E-state index contributed by atoms with van der Waals surface area (Å²) >= 11 is 0. The van der Waals surface area contributed by atoms with Gasteiger partial charge in [-0.25, -0.2) is 13.6 Å². The van der Waals surface area contributed by atoms with E-state index < -0.39 is 10.0 Å². The first-order valence-corrected chi connectivity index (χ1v) is 14.6. The van der Waals surface area contributed by atoms with Crippen molar-refractivity contribution < 1.29 is 8.42 Å². The van der Waals surface area contributed by atoms with E-state index in [0.717, 1.165) is 42.2 Å². The van der Waals surface area contributed by atoms with Crippen LogP contribution < -0.4 is 10.5 Å². The van der Waals surface area contributed by atoms with Crippen LogP contribution in [0.25, 0.3) is 0 Å². The molecule has 5 rings (SSSR count). The van der Waals surface area contributed by atoms with Crippen LogP contribution in [0.2, 0.25) is 0 Å². The molecule has 32 heavy (non-hydrogen) atoms. The molecule has 0 aliphatic heterocycles. The lowest BCUT2D eigenvalue weighted by Crippen LogP contribution is -2.55. The van der Waals surface area contributed by atoms with E-state index in [1.165, 1.54) is 64.2 Å². The molecule has 4 fully saturated rings. The fraction of sp³-hybridized carbons (Fsp3) is 0.778. The Morgan fingerprint density at radius 2 is 1.66 bits per heavy atom. The molecule has 0 radical (unpaired) electrons. The van der Waals surface area contributed by atoms with E-state index in [1.54, 1.807) is 12.1 Å². The molecule has 4 saturated carbocycles. The molecule has 4 aliphatic carbocycles. The standard InChI is InChI=1S/C27H42N2O2S/c1-26-16-4-3-5-20(26)8-11-22-23-12-13-25(27(23,2)17-14-24(22)26)29-18-15-19-6-9-21(10-7-19)32(28,30)31/h6-7,9-10,20,22-25,29H,3-5,8,11-18H2,1-2H3,(H2,28,30,31)/t20?,22-,23-,24+,25?,26-,27-/m0/s1. The summed E-state index contributed by atoms with van der Waals surface area (Å²) in [6.45, 7) is 6.21. The Hall–Kier alpha value is -0.910. The van der Waals surface area contributed by atoms with Gasteiger partial charge in [-0.05, 0) is 117 Å². The Morgan fingerprint density at radius 3 is 2.41 bits per heavy atom. The third-order valence-corrected chi connectivity index (χ3v) is 11.6. The molecule has 4 nitrogen and oxygen atoms in total. The SMILES string of the molecule is C[C@]12CCCCC1CC[C@@H]1[C@H]2CC[C@]2(C)C(NCCc3ccc(S(N)(=O)=O)cc3)CC[C@@H]12. The van der Waals surface area contributed by atoms with Crippen LogP contribution in [0.4, 0.5) is 0 Å². The molecule has 4 aliphatic rings. The van der Waals surface area contributed by atoms with E-state index in [9.17, 15) is 8.42 Å². The van der Waals surface area contributed by atoms with Crippen molar-refractivity contribution in [3.63, 3.8) is 0 Å². The van der Waals surface area contributed by atoms with Crippen LogP contribution in [0.1, 0.15) is 83.6 Å². The van der Waals surface area contributed by atoms with Gasteiger partial charge in [-0.3, -0.25) is 0 Å². The second-order valence-corrected chi connectivity index (χ2v) is 13.5. The van der Waals surface area contributed by atoms with E-state index in [4.69, 9.17) is 5.14 Å². The smallest absolute Gasteiger partial charge is 0.238 e. The minimum Gasteiger partial charge on any atom is -0.313 e. The summed E-state index contributed by atoms with van der Waals surface area (Å²) in [5.74, 6) is 3.81. The maximum absolute atomic E-state index is 11.5. The van der Waals surface area contributed by atoms with Crippen molar-refractivity contribution in [2.45, 2.75) is 95.4 Å². The molecule has 5 heteroatoms. The Kier molecular flexibility index (Phi) is 5.99. The Morgan fingerprint density at radius 1 is 0.906 bits per heavy atom. The maximum atomic E-state index is 11.5. The van der Waals surface area contributed by atoms with Crippen molar-refractivity contribution in [2.75, 3.05) is 6.54 Å². The van der Waals surface area contributed by atoms with Gasteiger partial charge in [-0.15, -0.1) is 0 Å². The molecule has 0 amide bonds. The van der Waals surface area contributed by atoms with Crippen LogP contribution in [0, 0.1) is 34.5 Å². The average molecular weight is 459 g/mol. The molecular formula is C27H42N2O2S. The van der Waals surface area contributed by atoms with Crippen molar-refractivity contribution in [1.29, 1.82) is 0 Å². The lowest BCUT2D eigenvalue weighted by atomic mass is 9.45. The molecule has 1 aromatic carbocycles. The molecule has 178 valence electrons. The molecule has 1 aromatic rings. The van der Waals surface area contributed by atoms with Crippen molar-refractivity contribution in [1.82, 2.24) is 5.32 Å². The van der Waals surface area contributed by atoms with Gasteiger partial charge in [0.15, 0.2) is 0 Å². The predicted octanol–water partition coefficient (Wildman–Crippen LogP) is 5.27. The molecule has 0 saturated heterocycles. The van der Waals surface area contributed by atoms with Gasteiger partial charge in [-0.1, -0.05) is 38.8 Å². The van der Waals surface area contributed by atoms with Gasteiger partial charge >= 0.3 is 0 Å². The number of nitrogens with one attached hydrogen (secondary N) is 1. The highest BCUT2D eigenvalue weighted by Gasteiger charge is 2.59. The summed E-state index contributed by atoms with van der Waals surface area (Å²) < 4.78 is 22.9. The zero-order valence-electron chi connectivity index (χ0n) is 20.0. The average Bonchev–Trinajstić information content (AvgIpc) is 3.09. The number of sulfonamides is 1. The zero-order chi connectivity index (χ0) is 22.6. The fourth-order valence-electron chi connectivity index (χ4n) is 8.87. The summed E-state index contributed by atoms with van der Waals surface area (Å²) in [6, 6.07) is 7.67. The van der Waals surface area contributed by atoms with Crippen LogP contribution in [0.15, 0.2) is 29.2 Å². The molecule has 2 unspecified atom stereocenters. The third-order valence-electron chi connectivity index (χ3n) is 10.6. The van der Waals surface area contributed by atoms with Crippen molar-refractivity contribution in [2.24, 2.45) is 39.6 Å². The van der Waals surface area contributed by atoms with E-state index in [1.807, 2.05) is 12.1 Å². The van der Waals surface area contributed by atoms with Gasteiger partial charge < -0.3 is 5.32 Å². The number of rotatable bonds is 5. The van der Waals surface area contributed by atoms with Crippen LogP contribution >= 0.6 is 0 Å². The molecule has 0 bridgehead atoms. The fourth-order valence-corrected chi connectivity index (χ4v) is 9.38. The summed E-state index contributed by atoms with van der Waals surface area (Å²) in [5.41, 5.74) is 2.23. The first kappa shape index (κ1) is 22.9. The van der Waals surface area contributed by atoms with Crippen LogP contribution in [0.5, 0.6) is 0 Å². The second-order valence-electron chi connectivity index (χ2n) is 12.0. The van der Waals surface area contributed by atoms with Crippen LogP contribution in [-0.4, -0.2) is 21.0 Å². The molecule has 0 spiro atoms. The van der Waals surface area contributed by atoms with E-state index >= 15 is 0 Å². The summed E-state index contributed by atoms with van der Waals surface area (Å²) in [7, 11) is -3.61. The maximum Gasteiger partial charge on any atom is 0.238 e. The highest BCUT2D eigenvalue weighted by molar-refractivity contribution is 7.89. The number of hydrogen-bond acceptors (Lipinski definition) is 3.